The molecule has 0 aliphatic heterocycles. The van der Waals surface area contributed by atoms with Gasteiger partial charge in [-0.3, -0.25) is 10.1 Å². The van der Waals surface area contributed by atoms with Crippen molar-refractivity contribution in [2.45, 2.75) is 18.6 Å². The monoisotopic (exact) mass is 276 g/mol. The smallest absolute Gasteiger partial charge is 0.329 e. The number of aromatic nitrogens is 2. The van der Waals surface area contributed by atoms with Crippen LogP contribution in [0.15, 0.2) is 6.20 Å². The molecular formula is C9H13ClN4O2S. The van der Waals surface area contributed by atoms with E-state index < -0.39 is 4.92 Å². The Morgan fingerprint density at radius 2 is 2.41 bits per heavy atom. The Bertz CT molecular complexity index is 405. The van der Waals surface area contributed by atoms with Gasteiger partial charge in [0.2, 0.25) is 11.1 Å². The van der Waals surface area contributed by atoms with Crippen LogP contribution < -0.4 is 5.32 Å². The molecule has 0 saturated heterocycles. The van der Waals surface area contributed by atoms with E-state index in [4.69, 9.17) is 11.6 Å². The number of anilines is 1. The van der Waals surface area contributed by atoms with Gasteiger partial charge in [0.25, 0.3) is 0 Å². The Labute approximate surface area is 108 Å². The van der Waals surface area contributed by atoms with Gasteiger partial charge >= 0.3 is 5.69 Å². The number of nitrogens with zero attached hydrogens (tertiary/aromatic N) is 3. The minimum absolute atomic E-state index is 0.00369. The molecule has 0 saturated carbocycles. The zero-order chi connectivity index (χ0) is 12.8. The number of rotatable bonds is 6. The quantitative estimate of drug-likeness (QED) is 0.489. The van der Waals surface area contributed by atoms with Crippen molar-refractivity contribution in [1.29, 1.82) is 0 Å². The van der Waals surface area contributed by atoms with Crippen molar-refractivity contribution in [1.82, 2.24) is 9.97 Å². The van der Waals surface area contributed by atoms with Gasteiger partial charge in [-0.2, -0.15) is 16.7 Å². The maximum absolute atomic E-state index is 10.7. The van der Waals surface area contributed by atoms with Crippen LogP contribution in [0.5, 0.6) is 0 Å². The largest absolute Gasteiger partial charge is 0.364 e. The zero-order valence-corrected chi connectivity index (χ0v) is 11.1. The predicted octanol–water partition coefficient (Wildman–Crippen LogP) is 2.59. The van der Waals surface area contributed by atoms with Crippen molar-refractivity contribution < 1.29 is 4.92 Å². The summed E-state index contributed by atoms with van der Waals surface area (Å²) in [4.78, 5) is 17.6. The van der Waals surface area contributed by atoms with E-state index in [1.807, 2.05) is 6.26 Å². The summed E-state index contributed by atoms with van der Waals surface area (Å²) in [6.45, 7) is 2.70. The molecule has 0 radical (unpaired) electrons. The summed E-state index contributed by atoms with van der Waals surface area (Å²) >= 11 is 7.34. The second-order valence-corrected chi connectivity index (χ2v) is 5.01. The van der Waals surface area contributed by atoms with Crippen molar-refractivity contribution in [3.63, 3.8) is 0 Å². The molecule has 0 fully saturated rings. The average Bonchev–Trinajstić information content (AvgIpc) is 2.28. The van der Waals surface area contributed by atoms with Crippen LogP contribution >= 0.6 is 23.4 Å². The summed E-state index contributed by atoms with van der Waals surface area (Å²) in [6.07, 6.45) is 4.02. The van der Waals surface area contributed by atoms with Crippen LogP contribution in [0.4, 0.5) is 11.5 Å². The first-order valence-corrected chi connectivity index (χ1v) is 6.64. The SMILES string of the molecule is CSC(C)CCNc1nc(Cl)ncc1[N+](=O)[O-]. The molecule has 6 nitrogen and oxygen atoms in total. The van der Waals surface area contributed by atoms with Gasteiger partial charge in [-0.1, -0.05) is 6.92 Å². The zero-order valence-electron chi connectivity index (χ0n) is 9.51. The Balaban J connectivity index is 2.68. The minimum atomic E-state index is -0.531. The summed E-state index contributed by atoms with van der Waals surface area (Å²) in [7, 11) is 0. The minimum Gasteiger partial charge on any atom is -0.364 e. The number of thioether (sulfide) groups is 1. The molecule has 17 heavy (non-hydrogen) atoms. The first-order valence-electron chi connectivity index (χ1n) is 4.98. The average molecular weight is 277 g/mol. The highest BCUT2D eigenvalue weighted by molar-refractivity contribution is 7.99. The summed E-state index contributed by atoms with van der Waals surface area (Å²) < 4.78 is 0. The molecular weight excluding hydrogens is 264 g/mol. The summed E-state index contributed by atoms with van der Waals surface area (Å²) in [6, 6.07) is 0. The van der Waals surface area contributed by atoms with Gasteiger partial charge in [0.15, 0.2) is 0 Å². The number of hydrogen-bond acceptors (Lipinski definition) is 6. The lowest BCUT2D eigenvalue weighted by atomic mass is 10.3. The summed E-state index contributed by atoms with van der Waals surface area (Å²) in [5, 5.41) is 14.1. The van der Waals surface area contributed by atoms with Gasteiger partial charge in [-0.25, -0.2) is 4.98 Å². The van der Waals surface area contributed by atoms with Gasteiger partial charge in [-0.15, -0.1) is 0 Å². The van der Waals surface area contributed by atoms with Crippen LogP contribution in [-0.2, 0) is 0 Å². The molecule has 0 amide bonds. The highest BCUT2D eigenvalue weighted by atomic mass is 35.5. The standard InChI is InChI=1S/C9H13ClN4O2S/c1-6(17-2)3-4-11-8-7(14(15)16)5-12-9(10)13-8/h5-6H,3-4H2,1-2H3,(H,11,12,13). The first-order chi connectivity index (χ1) is 8.04. The third kappa shape index (κ3) is 4.35. The molecule has 0 bridgehead atoms. The normalized spacial score (nSPS) is 12.2. The second-order valence-electron chi connectivity index (χ2n) is 3.39. The molecule has 1 heterocycles. The van der Waals surface area contributed by atoms with Crippen molar-refractivity contribution in [2.24, 2.45) is 0 Å². The predicted molar refractivity (Wildman–Crippen MR) is 69.8 cm³/mol. The Kier molecular flexibility index (Phi) is 5.43. The lowest BCUT2D eigenvalue weighted by Gasteiger charge is -2.09. The fourth-order valence-corrected chi connectivity index (χ4v) is 1.62. The Morgan fingerprint density at radius 3 is 3.00 bits per heavy atom. The molecule has 0 aliphatic carbocycles. The van der Waals surface area contributed by atoms with Gasteiger partial charge in [0.05, 0.1) is 4.92 Å². The molecule has 0 spiro atoms. The Morgan fingerprint density at radius 1 is 1.71 bits per heavy atom. The van der Waals surface area contributed by atoms with E-state index in [1.165, 1.54) is 0 Å². The second kappa shape index (κ2) is 6.61. The van der Waals surface area contributed by atoms with Crippen molar-refractivity contribution in [2.75, 3.05) is 18.1 Å². The van der Waals surface area contributed by atoms with E-state index in [2.05, 4.69) is 22.2 Å². The fourth-order valence-electron chi connectivity index (χ4n) is 1.13. The van der Waals surface area contributed by atoms with Crippen molar-refractivity contribution >= 4 is 34.9 Å². The molecule has 1 aromatic heterocycles. The third-order valence-electron chi connectivity index (χ3n) is 2.18. The molecule has 94 valence electrons. The molecule has 1 aromatic rings. The summed E-state index contributed by atoms with van der Waals surface area (Å²) in [5.74, 6) is 0.170. The van der Waals surface area contributed by atoms with Crippen LogP contribution in [0.1, 0.15) is 13.3 Å². The number of hydrogen-bond donors (Lipinski definition) is 1. The van der Waals surface area contributed by atoms with Crippen LogP contribution in [0.25, 0.3) is 0 Å². The molecule has 1 unspecified atom stereocenters. The van der Waals surface area contributed by atoms with Gasteiger partial charge < -0.3 is 5.32 Å². The number of halogens is 1. The van der Waals surface area contributed by atoms with Gasteiger partial charge in [-0.05, 0) is 24.3 Å². The lowest BCUT2D eigenvalue weighted by Crippen LogP contribution is -2.10. The van der Waals surface area contributed by atoms with Gasteiger partial charge in [0, 0.05) is 11.8 Å². The third-order valence-corrected chi connectivity index (χ3v) is 3.40. The van der Waals surface area contributed by atoms with Crippen LogP contribution in [0.2, 0.25) is 5.28 Å². The molecule has 1 N–H and O–H groups in total. The topological polar surface area (TPSA) is 81.0 Å². The Hall–Kier alpha value is -1.08. The number of nitro groups is 1. The van der Waals surface area contributed by atoms with E-state index in [0.29, 0.717) is 11.8 Å². The molecule has 1 rings (SSSR count). The van der Waals surface area contributed by atoms with Crippen molar-refractivity contribution in [3.8, 4) is 0 Å². The molecule has 0 aliphatic rings. The van der Waals surface area contributed by atoms with Crippen LogP contribution in [-0.4, -0.2) is 32.9 Å². The maximum atomic E-state index is 10.7. The molecule has 1 atom stereocenters. The first kappa shape index (κ1) is 14.0. The van der Waals surface area contributed by atoms with Gasteiger partial charge in [0.1, 0.15) is 6.20 Å². The van der Waals surface area contributed by atoms with E-state index in [9.17, 15) is 10.1 Å². The molecule has 8 heteroatoms. The van der Waals surface area contributed by atoms with E-state index in [1.54, 1.807) is 11.8 Å². The molecule has 0 aromatic carbocycles. The maximum Gasteiger partial charge on any atom is 0.329 e. The van der Waals surface area contributed by atoms with E-state index >= 15 is 0 Å². The van der Waals surface area contributed by atoms with Crippen molar-refractivity contribution in [3.05, 3.63) is 21.6 Å². The summed E-state index contributed by atoms with van der Waals surface area (Å²) in [5.41, 5.74) is -0.161. The van der Waals surface area contributed by atoms with Crippen LogP contribution in [0, 0.1) is 10.1 Å². The van der Waals surface area contributed by atoms with Crippen LogP contribution in [0.3, 0.4) is 0 Å². The van der Waals surface area contributed by atoms with E-state index in [-0.39, 0.29) is 16.8 Å². The number of nitrogens with one attached hydrogen (secondary N) is 1. The lowest BCUT2D eigenvalue weighted by molar-refractivity contribution is -0.384. The van der Waals surface area contributed by atoms with E-state index in [0.717, 1.165) is 12.6 Å². The fraction of sp³-hybridized carbons (Fsp3) is 0.556. The highest BCUT2D eigenvalue weighted by Crippen LogP contribution is 2.22. The highest BCUT2D eigenvalue weighted by Gasteiger charge is 2.16.